The Labute approximate surface area is 141 Å². The molecule has 2 aromatic rings. The first-order chi connectivity index (χ1) is 11.7. The molecule has 2 aromatic carbocycles. The molecule has 0 bridgehead atoms. The number of aliphatic carboxylic acids is 1. The van der Waals surface area contributed by atoms with Gasteiger partial charge in [0, 0.05) is 5.56 Å². The third-order valence-corrected chi connectivity index (χ3v) is 3.87. The number of esters is 1. The van der Waals surface area contributed by atoms with Gasteiger partial charge in [-0.2, -0.15) is 13.2 Å². The molecule has 0 aromatic heterocycles. The number of hydrogen-bond acceptors (Lipinski definition) is 3. The average Bonchev–Trinajstić information content (AvgIpc) is 2.58. The second kappa shape index (κ2) is 6.96. The summed E-state index contributed by atoms with van der Waals surface area (Å²) in [4.78, 5) is 24.0. The molecule has 0 saturated carbocycles. The van der Waals surface area contributed by atoms with Crippen molar-refractivity contribution in [1.29, 1.82) is 0 Å². The van der Waals surface area contributed by atoms with Crippen LogP contribution in [0, 0.1) is 0 Å². The molecule has 25 heavy (non-hydrogen) atoms. The lowest BCUT2D eigenvalue weighted by Gasteiger charge is -2.23. The van der Waals surface area contributed by atoms with Gasteiger partial charge in [0.15, 0.2) is 5.41 Å². The van der Waals surface area contributed by atoms with Crippen molar-refractivity contribution in [3.8, 4) is 0 Å². The molecule has 0 aliphatic rings. The first-order valence-electron chi connectivity index (χ1n) is 7.28. The molecular weight excluding hydrogens is 337 g/mol. The number of carboxylic acids is 1. The molecule has 0 aliphatic heterocycles. The Hall–Kier alpha value is -2.83. The molecule has 0 spiro atoms. The van der Waals surface area contributed by atoms with E-state index in [1.54, 1.807) is 18.2 Å². The third kappa shape index (κ3) is 3.81. The summed E-state index contributed by atoms with van der Waals surface area (Å²) >= 11 is 0. The number of hydrogen-bond donors (Lipinski definition) is 1. The van der Waals surface area contributed by atoms with Gasteiger partial charge in [-0.1, -0.05) is 48.5 Å². The van der Waals surface area contributed by atoms with Crippen LogP contribution in [0.5, 0.6) is 0 Å². The molecule has 0 unspecified atom stereocenters. The Morgan fingerprint density at radius 3 is 2.12 bits per heavy atom. The minimum Gasteiger partial charge on any atom is -0.480 e. The molecule has 4 nitrogen and oxygen atoms in total. The number of carbonyl (C=O) groups excluding carboxylic acids is 1. The molecule has 7 heteroatoms. The number of benzene rings is 2. The van der Waals surface area contributed by atoms with E-state index in [-0.39, 0.29) is 11.1 Å². The van der Waals surface area contributed by atoms with Crippen molar-refractivity contribution in [3.05, 3.63) is 71.3 Å². The molecule has 0 amide bonds. The fraction of sp³-hybridized carbons (Fsp3) is 0.222. The van der Waals surface area contributed by atoms with Crippen LogP contribution in [0.25, 0.3) is 0 Å². The normalized spacial score (nSPS) is 13.8. The monoisotopic (exact) mass is 352 g/mol. The first kappa shape index (κ1) is 18.5. The zero-order valence-electron chi connectivity index (χ0n) is 13.2. The zero-order valence-corrected chi connectivity index (χ0v) is 13.2. The van der Waals surface area contributed by atoms with E-state index in [1.807, 2.05) is 0 Å². The molecule has 0 aliphatic carbocycles. The first-order valence-corrected chi connectivity index (χ1v) is 7.28. The van der Waals surface area contributed by atoms with Gasteiger partial charge in [-0.05, 0) is 18.6 Å². The van der Waals surface area contributed by atoms with Gasteiger partial charge in [0.25, 0.3) is 0 Å². The highest BCUT2D eigenvalue weighted by Crippen LogP contribution is 2.33. The van der Waals surface area contributed by atoms with Crippen LogP contribution in [0.4, 0.5) is 13.2 Å². The quantitative estimate of drug-likeness (QED) is 0.657. The molecule has 0 radical (unpaired) electrons. The standard InChI is InChI=1S/C18H15F3O4/c1-17(15(22)23,13-8-3-2-4-9-13)16(24)25-11-12-7-5-6-10-14(12)18(19,20)21/h2-10H,11H2,1H3,(H,22,23)/t17-/m0/s1. The summed E-state index contributed by atoms with van der Waals surface area (Å²) < 4.78 is 43.8. The molecule has 0 fully saturated rings. The summed E-state index contributed by atoms with van der Waals surface area (Å²) in [7, 11) is 0. The predicted molar refractivity (Wildman–Crippen MR) is 82.7 cm³/mol. The maximum Gasteiger partial charge on any atom is 0.416 e. The Morgan fingerprint density at radius 2 is 1.56 bits per heavy atom. The maximum atomic E-state index is 13.0. The number of rotatable bonds is 5. The molecule has 1 N–H and O–H groups in total. The predicted octanol–water partition coefficient (Wildman–Crippen LogP) is 3.79. The van der Waals surface area contributed by atoms with Gasteiger partial charge in [-0.25, -0.2) is 0 Å². The van der Waals surface area contributed by atoms with Crippen molar-refractivity contribution < 1.29 is 32.6 Å². The smallest absolute Gasteiger partial charge is 0.416 e. The van der Waals surface area contributed by atoms with E-state index in [1.165, 1.54) is 30.3 Å². The second-order valence-corrected chi connectivity index (χ2v) is 5.53. The number of carbonyl (C=O) groups is 2. The van der Waals surface area contributed by atoms with Crippen LogP contribution in [0.15, 0.2) is 54.6 Å². The fourth-order valence-corrected chi connectivity index (χ4v) is 2.31. The summed E-state index contributed by atoms with van der Waals surface area (Å²) in [5, 5.41) is 9.46. The number of ether oxygens (including phenoxy) is 1. The van der Waals surface area contributed by atoms with Crippen LogP contribution < -0.4 is 0 Å². The van der Waals surface area contributed by atoms with Gasteiger partial charge >= 0.3 is 18.1 Å². The van der Waals surface area contributed by atoms with Gasteiger partial charge in [0.05, 0.1) is 5.56 Å². The Balaban J connectivity index is 2.26. The van der Waals surface area contributed by atoms with Crippen LogP contribution >= 0.6 is 0 Å². The van der Waals surface area contributed by atoms with Crippen LogP contribution in [0.3, 0.4) is 0 Å². The van der Waals surface area contributed by atoms with E-state index in [0.717, 1.165) is 13.0 Å². The number of carboxylic acid groups (broad SMARTS) is 1. The summed E-state index contributed by atoms with van der Waals surface area (Å²) in [6.07, 6.45) is -4.60. The fourth-order valence-electron chi connectivity index (χ4n) is 2.31. The van der Waals surface area contributed by atoms with Crippen LogP contribution in [-0.4, -0.2) is 17.0 Å². The zero-order chi connectivity index (χ0) is 18.7. The molecular formula is C18H15F3O4. The summed E-state index contributed by atoms with van der Waals surface area (Å²) in [5.41, 5.74) is -3.02. The molecule has 0 heterocycles. The van der Waals surface area contributed by atoms with Gasteiger partial charge < -0.3 is 9.84 Å². The topological polar surface area (TPSA) is 63.6 Å². The Bertz CT molecular complexity index is 771. The van der Waals surface area contributed by atoms with Gasteiger partial charge in [0.1, 0.15) is 6.61 Å². The van der Waals surface area contributed by atoms with Crippen LogP contribution in [0.2, 0.25) is 0 Å². The second-order valence-electron chi connectivity index (χ2n) is 5.53. The third-order valence-electron chi connectivity index (χ3n) is 3.87. The van der Waals surface area contributed by atoms with Crippen molar-refractivity contribution in [1.82, 2.24) is 0 Å². The molecule has 0 saturated heterocycles. The minimum absolute atomic E-state index is 0.177. The lowest BCUT2D eigenvalue weighted by Crippen LogP contribution is -2.42. The van der Waals surface area contributed by atoms with Crippen molar-refractivity contribution in [2.45, 2.75) is 25.1 Å². The molecule has 132 valence electrons. The summed E-state index contributed by atoms with van der Waals surface area (Å²) in [5.74, 6) is -2.59. The summed E-state index contributed by atoms with van der Waals surface area (Å²) in [6.45, 7) is 0.479. The highest BCUT2D eigenvalue weighted by atomic mass is 19.4. The van der Waals surface area contributed by atoms with Crippen molar-refractivity contribution in [2.24, 2.45) is 0 Å². The van der Waals surface area contributed by atoms with Gasteiger partial charge in [-0.3, -0.25) is 9.59 Å². The van der Waals surface area contributed by atoms with Crippen molar-refractivity contribution >= 4 is 11.9 Å². The van der Waals surface area contributed by atoms with Crippen LogP contribution in [0.1, 0.15) is 23.6 Å². The van der Waals surface area contributed by atoms with E-state index in [4.69, 9.17) is 4.74 Å². The van der Waals surface area contributed by atoms with Crippen molar-refractivity contribution in [2.75, 3.05) is 0 Å². The lowest BCUT2D eigenvalue weighted by atomic mass is 9.82. The van der Waals surface area contributed by atoms with Gasteiger partial charge in [-0.15, -0.1) is 0 Å². The Morgan fingerprint density at radius 1 is 1.00 bits per heavy atom. The van der Waals surface area contributed by atoms with Crippen LogP contribution in [-0.2, 0) is 32.5 Å². The van der Waals surface area contributed by atoms with E-state index >= 15 is 0 Å². The largest absolute Gasteiger partial charge is 0.480 e. The number of halogens is 3. The summed E-state index contributed by atoms with van der Waals surface area (Å²) in [6, 6.07) is 12.3. The minimum atomic E-state index is -4.60. The van der Waals surface area contributed by atoms with Gasteiger partial charge in [0.2, 0.25) is 0 Å². The van der Waals surface area contributed by atoms with E-state index in [9.17, 15) is 27.9 Å². The number of alkyl halides is 3. The van der Waals surface area contributed by atoms with E-state index < -0.39 is 35.7 Å². The molecule has 2 rings (SSSR count). The maximum absolute atomic E-state index is 13.0. The average molecular weight is 352 g/mol. The Kier molecular flexibility index (Phi) is 5.15. The van der Waals surface area contributed by atoms with E-state index in [2.05, 4.69) is 0 Å². The van der Waals surface area contributed by atoms with E-state index in [0.29, 0.717) is 0 Å². The SMILES string of the molecule is C[C@](C(=O)O)(C(=O)OCc1ccccc1C(F)(F)F)c1ccccc1. The highest BCUT2D eigenvalue weighted by molar-refractivity contribution is 6.05. The van der Waals surface area contributed by atoms with Crippen molar-refractivity contribution in [3.63, 3.8) is 0 Å². The lowest BCUT2D eigenvalue weighted by molar-refractivity contribution is -0.162. The highest BCUT2D eigenvalue weighted by Gasteiger charge is 2.45. The molecule has 1 atom stereocenters.